The average Bonchev–Trinajstić information content (AvgIpc) is 2.78. The van der Waals surface area contributed by atoms with Crippen molar-refractivity contribution in [3.05, 3.63) is 63.6 Å². The van der Waals surface area contributed by atoms with Gasteiger partial charge in [-0.15, -0.1) is 0 Å². The lowest BCUT2D eigenvalue weighted by Crippen LogP contribution is -2.52. The van der Waals surface area contributed by atoms with Crippen molar-refractivity contribution < 1.29 is 18.0 Å². The molecule has 0 aromatic heterocycles. The number of halogens is 2. The number of hydrogen-bond acceptors (Lipinski definition) is 4. The second-order valence-corrected chi connectivity index (χ2v) is 11.7. The molecule has 35 heavy (non-hydrogen) atoms. The van der Waals surface area contributed by atoms with E-state index in [2.05, 4.69) is 5.32 Å². The number of nitrogens with zero attached hydrogens (tertiary/aromatic N) is 2. The van der Waals surface area contributed by atoms with Gasteiger partial charge in [-0.05, 0) is 43.0 Å². The molecule has 0 radical (unpaired) electrons. The fraction of sp³-hybridized carbons (Fsp3) is 0.440. The Morgan fingerprint density at radius 3 is 2.17 bits per heavy atom. The molecule has 2 aromatic carbocycles. The van der Waals surface area contributed by atoms with Crippen molar-refractivity contribution in [2.75, 3.05) is 23.7 Å². The standard InChI is InChI=1S/C25H33Cl2N3O4S/c1-6-23(25(32)28-14-17(2)3)29(15-19-9-7-18(4)8-10-19)24(31)16-30(35(5,33)34)20-11-12-21(26)22(27)13-20/h7-13,17,23H,6,14-16H2,1-5H3,(H,28,32)/t23-/m0/s1. The number of aryl methyl sites for hydroxylation is 1. The van der Waals surface area contributed by atoms with Gasteiger partial charge in [-0.2, -0.15) is 0 Å². The van der Waals surface area contributed by atoms with Crippen LogP contribution in [0.4, 0.5) is 5.69 Å². The molecular formula is C25H33Cl2N3O4S. The van der Waals surface area contributed by atoms with Crippen LogP contribution in [0.15, 0.2) is 42.5 Å². The van der Waals surface area contributed by atoms with Gasteiger partial charge in [-0.25, -0.2) is 8.42 Å². The number of anilines is 1. The largest absolute Gasteiger partial charge is 0.354 e. The van der Waals surface area contributed by atoms with E-state index in [1.54, 1.807) is 0 Å². The Morgan fingerprint density at radius 1 is 1.03 bits per heavy atom. The number of hydrogen-bond donors (Lipinski definition) is 1. The molecule has 0 aliphatic carbocycles. The predicted octanol–water partition coefficient (Wildman–Crippen LogP) is 4.65. The molecule has 0 bridgehead atoms. The molecule has 0 spiro atoms. The summed E-state index contributed by atoms with van der Waals surface area (Å²) in [7, 11) is -3.85. The first-order chi connectivity index (χ1) is 16.3. The summed E-state index contributed by atoms with van der Waals surface area (Å²) in [6, 6.07) is 11.2. The summed E-state index contributed by atoms with van der Waals surface area (Å²) in [5.74, 6) is -0.538. The Balaban J connectivity index is 2.43. The zero-order chi connectivity index (χ0) is 26.3. The van der Waals surface area contributed by atoms with Crippen LogP contribution in [0.5, 0.6) is 0 Å². The fourth-order valence-electron chi connectivity index (χ4n) is 3.49. The van der Waals surface area contributed by atoms with Crippen molar-refractivity contribution in [3.8, 4) is 0 Å². The van der Waals surface area contributed by atoms with Crippen LogP contribution in [-0.4, -0.2) is 50.5 Å². The van der Waals surface area contributed by atoms with Crippen LogP contribution >= 0.6 is 23.2 Å². The second kappa shape index (κ2) is 12.6. The molecule has 192 valence electrons. The molecule has 0 saturated heterocycles. The summed E-state index contributed by atoms with van der Waals surface area (Å²) >= 11 is 12.1. The lowest BCUT2D eigenvalue weighted by molar-refractivity contribution is -0.140. The summed E-state index contributed by atoms with van der Waals surface area (Å²) in [6.45, 7) is 7.89. The maximum absolute atomic E-state index is 13.6. The van der Waals surface area contributed by atoms with Gasteiger partial charge in [0.25, 0.3) is 0 Å². The molecule has 0 heterocycles. The van der Waals surface area contributed by atoms with Gasteiger partial charge in [0, 0.05) is 13.1 Å². The van der Waals surface area contributed by atoms with Crippen molar-refractivity contribution in [1.29, 1.82) is 0 Å². The van der Waals surface area contributed by atoms with E-state index in [-0.39, 0.29) is 34.1 Å². The third kappa shape index (κ3) is 8.40. The maximum Gasteiger partial charge on any atom is 0.244 e. The van der Waals surface area contributed by atoms with Crippen LogP contribution in [0.25, 0.3) is 0 Å². The highest BCUT2D eigenvalue weighted by Crippen LogP contribution is 2.28. The molecule has 2 rings (SSSR count). The van der Waals surface area contributed by atoms with Crippen LogP contribution in [0.1, 0.15) is 38.3 Å². The van der Waals surface area contributed by atoms with Crippen LogP contribution in [0.3, 0.4) is 0 Å². The van der Waals surface area contributed by atoms with Gasteiger partial charge in [0.2, 0.25) is 21.8 Å². The summed E-state index contributed by atoms with van der Waals surface area (Å²) in [4.78, 5) is 28.1. The Labute approximate surface area is 218 Å². The highest BCUT2D eigenvalue weighted by molar-refractivity contribution is 7.92. The van der Waals surface area contributed by atoms with E-state index in [1.807, 2.05) is 52.0 Å². The zero-order valence-corrected chi connectivity index (χ0v) is 23.0. The minimum atomic E-state index is -3.85. The highest BCUT2D eigenvalue weighted by Gasteiger charge is 2.31. The fourth-order valence-corrected chi connectivity index (χ4v) is 4.62. The van der Waals surface area contributed by atoms with E-state index in [4.69, 9.17) is 23.2 Å². The van der Waals surface area contributed by atoms with Crippen molar-refractivity contribution in [2.45, 2.75) is 46.7 Å². The normalized spacial score (nSPS) is 12.3. The van der Waals surface area contributed by atoms with E-state index in [0.717, 1.165) is 21.7 Å². The number of rotatable bonds is 11. The molecule has 1 atom stereocenters. The molecule has 0 aliphatic rings. The van der Waals surface area contributed by atoms with E-state index in [0.29, 0.717) is 13.0 Å². The van der Waals surface area contributed by atoms with Gasteiger partial charge in [0.15, 0.2) is 0 Å². The van der Waals surface area contributed by atoms with Gasteiger partial charge in [-0.1, -0.05) is 73.8 Å². The average molecular weight is 543 g/mol. The van der Waals surface area contributed by atoms with Crippen molar-refractivity contribution in [2.24, 2.45) is 5.92 Å². The van der Waals surface area contributed by atoms with E-state index >= 15 is 0 Å². The Hall–Kier alpha value is -2.29. The molecule has 0 fully saturated rings. The molecule has 0 unspecified atom stereocenters. The molecule has 10 heteroatoms. The minimum Gasteiger partial charge on any atom is -0.354 e. The minimum absolute atomic E-state index is 0.158. The summed E-state index contributed by atoms with van der Waals surface area (Å²) in [5, 5.41) is 3.33. The topological polar surface area (TPSA) is 86.8 Å². The van der Waals surface area contributed by atoms with E-state index in [1.165, 1.54) is 23.1 Å². The van der Waals surface area contributed by atoms with Crippen molar-refractivity contribution >= 4 is 50.7 Å². The second-order valence-electron chi connectivity index (χ2n) is 8.94. The number of amides is 2. The first-order valence-corrected chi connectivity index (χ1v) is 14.0. The highest BCUT2D eigenvalue weighted by atomic mass is 35.5. The van der Waals surface area contributed by atoms with Gasteiger partial charge < -0.3 is 10.2 Å². The van der Waals surface area contributed by atoms with Crippen LogP contribution in [0, 0.1) is 12.8 Å². The first-order valence-electron chi connectivity index (χ1n) is 11.4. The van der Waals surface area contributed by atoms with Gasteiger partial charge in [0.05, 0.1) is 22.0 Å². The SMILES string of the molecule is CC[C@@H](C(=O)NCC(C)C)N(Cc1ccc(C)cc1)C(=O)CN(c1ccc(Cl)c(Cl)c1)S(C)(=O)=O. The molecule has 7 nitrogen and oxygen atoms in total. The number of carbonyl (C=O) groups excluding carboxylic acids is 2. The number of benzene rings is 2. The smallest absolute Gasteiger partial charge is 0.244 e. The summed E-state index contributed by atoms with van der Waals surface area (Å²) in [6.07, 6.45) is 1.38. The van der Waals surface area contributed by atoms with Crippen LogP contribution in [0.2, 0.25) is 10.0 Å². The molecule has 0 aliphatic heterocycles. The van der Waals surface area contributed by atoms with Crippen molar-refractivity contribution in [1.82, 2.24) is 10.2 Å². The Morgan fingerprint density at radius 2 is 1.66 bits per heavy atom. The third-order valence-electron chi connectivity index (χ3n) is 5.41. The van der Waals surface area contributed by atoms with Gasteiger partial charge in [0.1, 0.15) is 12.6 Å². The monoisotopic (exact) mass is 541 g/mol. The molecule has 0 saturated carbocycles. The number of carbonyl (C=O) groups is 2. The first kappa shape index (κ1) is 28.9. The quantitative estimate of drug-likeness (QED) is 0.448. The number of nitrogens with one attached hydrogen (secondary N) is 1. The lowest BCUT2D eigenvalue weighted by Gasteiger charge is -2.33. The number of sulfonamides is 1. The van der Waals surface area contributed by atoms with Crippen molar-refractivity contribution in [3.63, 3.8) is 0 Å². The maximum atomic E-state index is 13.6. The Bertz CT molecular complexity index is 1140. The molecule has 2 aromatic rings. The van der Waals surface area contributed by atoms with E-state index < -0.39 is 28.5 Å². The predicted molar refractivity (Wildman–Crippen MR) is 142 cm³/mol. The summed E-state index contributed by atoms with van der Waals surface area (Å²) < 4.78 is 26.2. The lowest BCUT2D eigenvalue weighted by atomic mass is 10.1. The Kier molecular flexibility index (Phi) is 10.4. The molecule has 1 N–H and O–H groups in total. The zero-order valence-electron chi connectivity index (χ0n) is 20.7. The van der Waals surface area contributed by atoms with Crippen LogP contribution in [-0.2, 0) is 26.2 Å². The van der Waals surface area contributed by atoms with Gasteiger partial charge in [-0.3, -0.25) is 13.9 Å². The molecular weight excluding hydrogens is 509 g/mol. The molecule has 2 amide bonds. The third-order valence-corrected chi connectivity index (χ3v) is 7.29. The van der Waals surface area contributed by atoms with Gasteiger partial charge >= 0.3 is 0 Å². The van der Waals surface area contributed by atoms with Crippen LogP contribution < -0.4 is 9.62 Å². The summed E-state index contributed by atoms with van der Waals surface area (Å²) in [5.41, 5.74) is 2.11. The van der Waals surface area contributed by atoms with E-state index in [9.17, 15) is 18.0 Å².